The summed E-state index contributed by atoms with van der Waals surface area (Å²) < 4.78 is 0. The second-order valence-electron chi connectivity index (χ2n) is 5.35. The number of hydrogen-bond donors (Lipinski definition) is 2. The number of nitrogens with one attached hydrogen (secondary N) is 1. The first-order valence-corrected chi connectivity index (χ1v) is 7.10. The van der Waals surface area contributed by atoms with Crippen LogP contribution in [0.15, 0.2) is 0 Å². The lowest BCUT2D eigenvalue weighted by molar-refractivity contribution is -0.140. The van der Waals surface area contributed by atoms with Crippen molar-refractivity contribution in [1.29, 1.82) is 0 Å². The summed E-state index contributed by atoms with van der Waals surface area (Å²) in [6.45, 7) is 5.45. The number of carbonyl (C=O) groups excluding carboxylic acids is 1. The minimum absolute atomic E-state index is 0.138. The zero-order valence-corrected chi connectivity index (χ0v) is 11.3. The van der Waals surface area contributed by atoms with Gasteiger partial charge in [-0.3, -0.25) is 14.5 Å². The van der Waals surface area contributed by atoms with Crippen LogP contribution in [0.4, 0.5) is 0 Å². The number of carbonyl (C=O) groups is 2. The Hall–Kier alpha value is -1.14. The van der Waals surface area contributed by atoms with Crippen molar-refractivity contribution in [1.82, 2.24) is 15.1 Å². The summed E-state index contributed by atoms with van der Waals surface area (Å²) in [5.74, 6) is -0.351. The molecule has 0 aromatic carbocycles. The Labute approximate surface area is 113 Å². The second-order valence-corrected chi connectivity index (χ2v) is 5.35. The molecule has 6 nitrogen and oxygen atoms in total. The van der Waals surface area contributed by atoms with Gasteiger partial charge in [0.05, 0.1) is 12.3 Å². The van der Waals surface area contributed by atoms with Crippen LogP contribution < -0.4 is 5.32 Å². The van der Waals surface area contributed by atoms with E-state index in [1.807, 2.05) is 4.90 Å². The van der Waals surface area contributed by atoms with E-state index in [1.54, 1.807) is 0 Å². The highest BCUT2D eigenvalue weighted by atomic mass is 16.4. The molecule has 2 aliphatic rings. The summed E-state index contributed by atoms with van der Waals surface area (Å²) in [5.41, 5.74) is 0. The van der Waals surface area contributed by atoms with Gasteiger partial charge in [0.25, 0.3) is 0 Å². The van der Waals surface area contributed by atoms with Gasteiger partial charge in [0.1, 0.15) is 0 Å². The van der Waals surface area contributed by atoms with Crippen molar-refractivity contribution in [2.75, 3.05) is 45.8 Å². The van der Waals surface area contributed by atoms with E-state index in [9.17, 15) is 9.59 Å². The van der Waals surface area contributed by atoms with Crippen LogP contribution in [0.3, 0.4) is 0 Å². The molecule has 0 aromatic rings. The number of nitrogens with zero attached hydrogens (tertiary/aromatic N) is 2. The quantitative estimate of drug-likeness (QED) is 0.727. The number of carboxylic acids is 1. The molecule has 0 bridgehead atoms. The van der Waals surface area contributed by atoms with E-state index in [0.29, 0.717) is 6.54 Å². The van der Waals surface area contributed by atoms with Crippen molar-refractivity contribution in [3.63, 3.8) is 0 Å². The summed E-state index contributed by atoms with van der Waals surface area (Å²) in [6, 6.07) is 0. The van der Waals surface area contributed by atoms with Crippen molar-refractivity contribution >= 4 is 11.9 Å². The third-order valence-electron chi connectivity index (χ3n) is 3.97. The lowest BCUT2D eigenvalue weighted by atomic mass is 9.98. The van der Waals surface area contributed by atoms with Gasteiger partial charge in [-0.05, 0) is 19.4 Å². The van der Waals surface area contributed by atoms with Crippen LogP contribution in [0.2, 0.25) is 0 Å². The summed E-state index contributed by atoms with van der Waals surface area (Å²) in [6.07, 6.45) is 2.25. The number of hydrogen-bond acceptors (Lipinski definition) is 4. The van der Waals surface area contributed by atoms with Crippen LogP contribution in [-0.2, 0) is 9.59 Å². The first kappa shape index (κ1) is 14.3. The largest absolute Gasteiger partial charge is 0.481 e. The van der Waals surface area contributed by atoms with Gasteiger partial charge in [0.2, 0.25) is 5.91 Å². The average Bonchev–Trinajstić information content (AvgIpc) is 2.46. The average molecular weight is 269 g/mol. The molecule has 0 unspecified atom stereocenters. The molecule has 2 N–H and O–H groups in total. The molecular formula is C13H23N3O3. The zero-order valence-electron chi connectivity index (χ0n) is 11.3. The van der Waals surface area contributed by atoms with Gasteiger partial charge in [0, 0.05) is 39.3 Å². The van der Waals surface area contributed by atoms with E-state index in [4.69, 9.17) is 5.11 Å². The van der Waals surface area contributed by atoms with Crippen molar-refractivity contribution in [3.8, 4) is 0 Å². The van der Waals surface area contributed by atoms with Gasteiger partial charge < -0.3 is 15.3 Å². The Bertz CT molecular complexity index is 321. The molecule has 2 aliphatic heterocycles. The normalized spacial score (nSPS) is 25.3. The summed E-state index contributed by atoms with van der Waals surface area (Å²) in [5, 5.41) is 11.9. The Kier molecular flexibility index (Phi) is 5.15. The molecular weight excluding hydrogens is 246 g/mol. The molecule has 108 valence electrons. The van der Waals surface area contributed by atoms with Crippen molar-refractivity contribution in [2.24, 2.45) is 5.92 Å². The highest BCUT2D eigenvalue weighted by molar-refractivity contribution is 5.79. The Morgan fingerprint density at radius 2 is 1.95 bits per heavy atom. The van der Waals surface area contributed by atoms with Crippen LogP contribution in [0.25, 0.3) is 0 Å². The van der Waals surface area contributed by atoms with E-state index < -0.39 is 5.97 Å². The SMILES string of the molecule is O=C(O)CCN1CCN(C(=O)[C@H]2CCCNC2)CC1. The fourth-order valence-electron chi connectivity index (χ4n) is 2.77. The first-order chi connectivity index (χ1) is 9.16. The van der Waals surface area contributed by atoms with E-state index in [-0.39, 0.29) is 18.2 Å². The number of piperidine rings is 1. The number of rotatable bonds is 4. The standard InChI is InChI=1S/C13H23N3O3/c17-12(18)3-5-15-6-8-16(9-7-15)13(19)11-2-1-4-14-10-11/h11,14H,1-10H2,(H,17,18)/t11-/m0/s1. The van der Waals surface area contributed by atoms with Crippen LogP contribution in [-0.4, -0.2) is 72.6 Å². The van der Waals surface area contributed by atoms with Crippen LogP contribution >= 0.6 is 0 Å². The second kappa shape index (κ2) is 6.86. The molecule has 2 heterocycles. The van der Waals surface area contributed by atoms with Crippen molar-refractivity contribution in [2.45, 2.75) is 19.3 Å². The van der Waals surface area contributed by atoms with Gasteiger partial charge in [-0.2, -0.15) is 0 Å². The minimum Gasteiger partial charge on any atom is -0.481 e. The molecule has 0 aromatic heterocycles. The fourth-order valence-corrected chi connectivity index (χ4v) is 2.77. The molecule has 2 saturated heterocycles. The summed E-state index contributed by atoms with van der Waals surface area (Å²) >= 11 is 0. The van der Waals surface area contributed by atoms with Crippen LogP contribution in [0, 0.1) is 5.92 Å². The minimum atomic E-state index is -0.758. The maximum absolute atomic E-state index is 12.3. The monoisotopic (exact) mass is 269 g/mol. The van der Waals surface area contributed by atoms with Gasteiger partial charge >= 0.3 is 5.97 Å². The molecule has 2 fully saturated rings. The molecule has 0 spiro atoms. The predicted molar refractivity (Wildman–Crippen MR) is 70.9 cm³/mol. The number of carboxylic acid groups (broad SMARTS) is 1. The maximum atomic E-state index is 12.3. The van der Waals surface area contributed by atoms with Gasteiger partial charge in [-0.25, -0.2) is 0 Å². The Balaban J connectivity index is 1.72. The van der Waals surface area contributed by atoms with E-state index in [1.165, 1.54) is 0 Å². The first-order valence-electron chi connectivity index (χ1n) is 7.10. The third kappa shape index (κ3) is 4.18. The van der Waals surface area contributed by atoms with E-state index >= 15 is 0 Å². The number of aliphatic carboxylic acids is 1. The van der Waals surface area contributed by atoms with E-state index in [2.05, 4.69) is 10.2 Å². The van der Waals surface area contributed by atoms with Crippen molar-refractivity contribution in [3.05, 3.63) is 0 Å². The van der Waals surface area contributed by atoms with Gasteiger partial charge in [-0.15, -0.1) is 0 Å². The van der Waals surface area contributed by atoms with Crippen LogP contribution in [0.5, 0.6) is 0 Å². The molecule has 1 amide bonds. The third-order valence-corrected chi connectivity index (χ3v) is 3.97. The van der Waals surface area contributed by atoms with E-state index in [0.717, 1.165) is 52.1 Å². The lowest BCUT2D eigenvalue weighted by Gasteiger charge is -2.37. The Morgan fingerprint density at radius 1 is 1.21 bits per heavy atom. The smallest absolute Gasteiger partial charge is 0.304 e. The number of amides is 1. The molecule has 0 saturated carbocycles. The van der Waals surface area contributed by atoms with Crippen LogP contribution in [0.1, 0.15) is 19.3 Å². The number of piperazine rings is 1. The Morgan fingerprint density at radius 3 is 2.53 bits per heavy atom. The lowest BCUT2D eigenvalue weighted by Crippen LogP contribution is -2.52. The molecule has 0 radical (unpaired) electrons. The van der Waals surface area contributed by atoms with Crippen molar-refractivity contribution < 1.29 is 14.7 Å². The zero-order chi connectivity index (χ0) is 13.7. The molecule has 2 rings (SSSR count). The van der Waals surface area contributed by atoms with Gasteiger partial charge in [0.15, 0.2) is 0 Å². The highest BCUT2D eigenvalue weighted by Gasteiger charge is 2.28. The van der Waals surface area contributed by atoms with Gasteiger partial charge in [-0.1, -0.05) is 0 Å². The maximum Gasteiger partial charge on any atom is 0.304 e. The highest BCUT2D eigenvalue weighted by Crippen LogP contribution is 2.15. The molecule has 19 heavy (non-hydrogen) atoms. The predicted octanol–water partition coefficient (Wildman–Crippen LogP) is -0.395. The fraction of sp³-hybridized carbons (Fsp3) is 0.846. The topological polar surface area (TPSA) is 72.9 Å². The molecule has 0 aliphatic carbocycles. The summed E-state index contributed by atoms with van der Waals surface area (Å²) in [4.78, 5) is 26.9. The molecule has 1 atom stereocenters. The summed E-state index contributed by atoms with van der Waals surface area (Å²) in [7, 11) is 0. The molecule has 6 heteroatoms.